The first-order chi connectivity index (χ1) is 12.6. The van der Waals surface area contributed by atoms with Gasteiger partial charge in [-0.1, -0.05) is 12.5 Å². The van der Waals surface area contributed by atoms with Crippen LogP contribution in [0, 0.1) is 23.6 Å². The van der Waals surface area contributed by atoms with Crippen molar-refractivity contribution < 1.29 is 9.18 Å². The number of halogens is 1. The number of rotatable bonds is 4. The van der Waals surface area contributed by atoms with Gasteiger partial charge in [0.2, 0.25) is 5.91 Å². The summed E-state index contributed by atoms with van der Waals surface area (Å²) in [5.41, 5.74) is 7.51. The number of nitrogens with two attached hydrogens (primary N) is 1. The average molecular weight is 356 g/mol. The van der Waals surface area contributed by atoms with Crippen molar-refractivity contribution in [2.24, 2.45) is 23.5 Å². The first-order valence-electron chi connectivity index (χ1n) is 9.42. The summed E-state index contributed by atoms with van der Waals surface area (Å²) >= 11 is 0. The third kappa shape index (κ3) is 3.38. The van der Waals surface area contributed by atoms with Crippen LogP contribution >= 0.6 is 0 Å². The normalized spacial score (nSPS) is 27.9. The number of carbonyl (C=O) groups is 1. The first-order valence-corrected chi connectivity index (χ1v) is 9.42. The van der Waals surface area contributed by atoms with Crippen LogP contribution in [0.2, 0.25) is 0 Å². The average Bonchev–Trinajstić information content (AvgIpc) is 3.14. The fraction of sp³-hybridized carbons (Fsp3) is 0.500. The topological polar surface area (TPSA) is 72.9 Å². The molecule has 2 aromatic rings. The Balaban J connectivity index is 1.37. The molecule has 2 unspecified atom stereocenters. The van der Waals surface area contributed by atoms with Crippen molar-refractivity contribution in [1.82, 2.24) is 14.9 Å². The van der Waals surface area contributed by atoms with Crippen LogP contribution in [0.1, 0.15) is 37.7 Å². The first kappa shape index (κ1) is 17.2. The molecule has 1 heterocycles. The van der Waals surface area contributed by atoms with Crippen molar-refractivity contribution in [2.75, 3.05) is 0 Å². The minimum Gasteiger partial charge on any atom is -0.352 e. The summed E-state index contributed by atoms with van der Waals surface area (Å²) in [4.78, 5) is 16.5. The summed E-state index contributed by atoms with van der Waals surface area (Å²) in [5, 5.41) is 2.99. The number of hydrogen-bond donors (Lipinski definition) is 2. The van der Waals surface area contributed by atoms with Crippen LogP contribution in [0.25, 0.3) is 5.69 Å². The van der Waals surface area contributed by atoms with E-state index in [0.717, 1.165) is 31.2 Å². The molecule has 2 aliphatic rings. The molecule has 1 aromatic carbocycles. The third-order valence-electron chi connectivity index (χ3n) is 6.05. The van der Waals surface area contributed by atoms with Gasteiger partial charge in [-0.15, -0.1) is 0 Å². The molecular weight excluding hydrogens is 331 g/mol. The highest BCUT2D eigenvalue weighted by atomic mass is 19.1. The summed E-state index contributed by atoms with van der Waals surface area (Å²) in [7, 11) is 0. The minimum absolute atomic E-state index is 0.0418. The zero-order chi connectivity index (χ0) is 18.1. The molecule has 1 aromatic heterocycles. The van der Waals surface area contributed by atoms with Gasteiger partial charge in [0, 0.05) is 30.9 Å². The largest absolute Gasteiger partial charge is 0.352 e. The second-order valence-corrected chi connectivity index (χ2v) is 7.67. The summed E-state index contributed by atoms with van der Waals surface area (Å²) in [5.74, 6) is 0.747. The number of nitrogens with zero attached hydrogens (tertiary/aromatic N) is 2. The van der Waals surface area contributed by atoms with Crippen LogP contribution in [-0.2, 0) is 11.3 Å². The van der Waals surface area contributed by atoms with E-state index in [0.29, 0.717) is 24.1 Å². The van der Waals surface area contributed by atoms with Crippen LogP contribution in [0.4, 0.5) is 4.39 Å². The molecule has 1 amide bonds. The van der Waals surface area contributed by atoms with E-state index in [-0.39, 0.29) is 23.7 Å². The maximum absolute atomic E-state index is 14.3. The smallest absolute Gasteiger partial charge is 0.223 e. The quantitative estimate of drug-likeness (QED) is 0.885. The van der Waals surface area contributed by atoms with Crippen molar-refractivity contribution >= 4 is 5.91 Å². The number of aromatic nitrogens is 2. The van der Waals surface area contributed by atoms with Gasteiger partial charge in [0.1, 0.15) is 5.82 Å². The molecule has 26 heavy (non-hydrogen) atoms. The summed E-state index contributed by atoms with van der Waals surface area (Å²) in [6.07, 6.45) is 10.2. The predicted molar refractivity (Wildman–Crippen MR) is 96.9 cm³/mol. The number of benzene rings is 1. The molecule has 138 valence electrons. The van der Waals surface area contributed by atoms with Gasteiger partial charge in [0.25, 0.3) is 0 Å². The Morgan fingerprint density at radius 2 is 2.08 bits per heavy atom. The molecule has 2 bridgehead atoms. The number of fused-ring (bicyclic) bond motifs is 2. The molecule has 0 radical (unpaired) electrons. The Labute approximate surface area is 152 Å². The molecule has 4 rings (SSSR count). The van der Waals surface area contributed by atoms with Crippen LogP contribution < -0.4 is 11.1 Å². The van der Waals surface area contributed by atoms with E-state index < -0.39 is 0 Å². The van der Waals surface area contributed by atoms with Crippen LogP contribution in [0.5, 0.6) is 0 Å². The Bertz CT molecular complexity index is 762. The van der Waals surface area contributed by atoms with Crippen LogP contribution in [0.3, 0.4) is 0 Å². The molecular formula is C20H25FN4O. The molecule has 6 heteroatoms. The highest BCUT2D eigenvalue weighted by molar-refractivity contribution is 5.78. The van der Waals surface area contributed by atoms with Gasteiger partial charge in [0.05, 0.1) is 12.0 Å². The van der Waals surface area contributed by atoms with E-state index in [1.165, 1.54) is 12.5 Å². The lowest BCUT2D eigenvalue weighted by molar-refractivity contribution is -0.128. The highest BCUT2D eigenvalue weighted by Crippen LogP contribution is 2.41. The molecule has 5 nitrogen and oxygen atoms in total. The van der Waals surface area contributed by atoms with E-state index in [4.69, 9.17) is 5.73 Å². The lowest BCUT2D eigenvalue weighted by Crippen LogP contribution is -2.49. The van der Waals surface area contributed by atoms with Gasteiger partial charge < -0.3 is 15.6 Å². The monoisotopic (exact) mass is 356 g/mol. The molecule has 0 spiro atoms. The van der Waals surface area contributed by atoms with Crippen LogP contribution in [-0.4, -0.2) is 21.5 Å². The van der Waals surface area contributed by atoms with Crippen molar-refractivity contribution in [3.05, 3.63) is 48.3 Å². The van der Waals surface area contributed by atoms with Crippen molar-refractivity contribution in [3.8, 4) is 5.69 Å². The van der Waals surface area contributed by atoms with Crippen LogP contribution in [0.15, 0.2) is 36.9 Å². The van der Waals surface area contributed by atoms with Crippen molar-refractivity contribution in [2.45, 2.75) is 44.7 Å². The predicted octanol–water partition coefficient (Wildman–Crippen LogP) is 2.78. The Morgan fingerprint density at radius 1 is 1.31 bits per heavy atom. The Kier molecular flexibility index (Phi) is 4.76. The van der Waals surface area contributed by atoms with Gasteiger partial charge in [-0.05, 0) is 55.2 Å². The second kappa shape index (κ2) is 7.19. The third-order valence-corrected chi connectivity index (χ3v) is 6.05. The molecule has 2 aliphatic carbocycles. The maximum atomic E-state index is 14.3. The van der Waals surface area contributed by atoms with Crippen molar-refractivity contribution in [1.29, 1.82) is 0 Å². The second-order valence-electron chi connectivity index (χ2n) is 7.67. The Morgan fingerprint density at radius 3 is 2.73 bits per heavy atom. The minimum atomic E-state index is -0.326. The van der Waals surface area contributed by atoms with E-state index >= 15 is 0 Å². The molecule has 2 saturated carbocycles. The summed E-state index contributed by atoms with van der Waals surface area (Å²) < 4.78 is 15.9. The van der Waals surface area contributed by atoms with Gasteiger partial charge in [-0.3, -0.25) is 4.79 Å². The number of hydrogen-bond acceptors (Lipinski definition) is 3. The fourth-order valence-electron chi connectivity index (χ4n) is 4.61. The van der Waals surface area contributed by atoms with E-state index in [1.54, 1.807) is 29.4 Å². The molecule has 0 saturated heterocycles. The van der Waals surface area contributed by atoms with Crippen molar-refractivity contribution in [3.63, 3.8) is 0 Å². The Hall–Kier alpha value is -2.21. The van der Waals surface area contributed by atoms with E-state index in [1.807, 2.05) is 6.07 Å². The lowest BCUT2D eigenvalue weighted by Gasteiger charge is -2.43. The SMILES string of the molecule is NC1C2CCCC1CC(C(=O)NCc1ccc(-n3ccnc3)c(F)c1)C2. The fourth-order valence-corrected chi connectivity index (χ4v) is 4.61. The molecule has 0 aliphatic heterocycles. The molecule has 2 atom stereocenters. The maximum Gasteiger partial charge on any atom is 0.223 e. The zero-order valence-electron chi connectivity index (χ0n) is 14.8. The van der Waals surface area contributed by atoms with Gasteiger partial charge in [-0.25, -0.2) is 9.37 Å². The number of amides is 1. The van der Waals surface area contributed by atoms with Gasteiger partial charge >= 0.3 is 0 Å². The number of carbonyl (C=O) groups excluding carboxylic acids is 1. The number of nitrogens with one attached hydrogen (secondary N) is 1. The van der Waals surface area contributed by atoms with E-state index in [2.05, 4.69) is 10.3 Å². The van der Waals surface area contributed by atoms with Gasteiger partial charge in [0.15, 0.2) is 0 Å². The standard InChI is InChI=1S/C20H25FN4O/c21-17-8-13(4-5-18(17)25-7-6-23-12-25)11-24-20(26)16-9-14-2-1-3-15(10-16)19(14)22/h4-8,12,14-16,19H,1-3,9-11,22H2,(H,24,26). The van der Waals surface area contributed by atoms with Gasteiger partial charge in [-0.2, -0.15) is 0 Å². The lowest BCUT2D eigenvalue weighted by atomic mass is 9.65. The highest BCUT2D eigenvalue weighted by Gasteiger charge is 2.40. The summed E-state index contributed by atoms with van der Waals surface area (Å²) in [6, 6.07) is 5.28. The molecule has 2 fully saturated rings. The molecule has 3 N–H and O–H groups in total. The number of imidazole rings is 1. The zero-order valence-corrected chi connectivity index (χ0v) is 14.8. The van der Waals surface area contributed by atoms with E-state index in [9.17, 15) is 9.18 Å². The summed E-state index contributed by atoms with van der Waals surface area (Å²) in [6.45, 7) is 0.345.